The molecule has 1 aromatic heterocycles. The molecule has 3 atom stereocenters. The van der Waals surface area contributed by atoms with Crippen molar-refractivity contribution < 1.29 is 9.59 Å². The molecular formula is C16H24ClN5O2. The topological polar surface area (TPSA) is 81.3 Å². The van der Waals surface area contributed by atoms with Crippen LogP contribution in [-0.2, 0) is 9.59 Å². The summed E-state index contributed by atoms with van der Waals surface area (Å²) in [5.41, 5.74) is 0.743. The smallest absolute Gasteiger partial charge is 0.228 e. The average molecular weight is 354 g/mol. The van der Waals surface area contributed by atoms with E-state index < -0.39 is 0 Å². The van der Waals surface area contributed by atoms with Gasteiger partial charge in [0.1, 0.15) is 0 Å². The van der Waals surface area contributed by atoms with Crippen LogP contribution in [0.3, 0.4) is 0 Å². The summed E-state index contributed by atoms with van der Waals surface area (Å²) in [5.74, 6) is -0.130. The standard InChI is InChI=1S/C16H23N5O2.ClH/c1-20(13-5-11-2-3-12(6-13)19-11)16(23)10-4-15(22)21(9-10)14-7-17-18-8-14;/h7-8,10-13,19H,2-6,9H2,1H3,(H,17,18);1H. The van der Waals surface area contributed by atoms with Crippen LogP contribution in [0, 0.1) is 5.92 Å². The number of hydrogen-bond donors (Lipinski definition) is 2. The first-order valence-corrected chi connectivity index (χ1v) is 8.43. The van der Waals surface area contributed by atoms with Gasteiger partial charge >= 0.3 is 0 Å². The van der Waals surface area contributed by atoms with E-state index in [1.807, 2.05) is 11.9 Å². The van der Waals surface area contributed by atoms with Gasteiger partial charge in [-0.1, -0.05) is 0 Å². The van der Waals surface area contributed by atoms with Gasteiger partial charge in [0.25, 0.3) is 0 Å². The van der Waals surface area contributed by atoms with E-state index in [9.17, 15) is 9.59 Å². The number of carbonyl (C=O) groups excluding carboxylic acids is 2. The highest BCUT2D eigenvalue weighted by Crippen LogP contribution is 2.31. The molecule has 0 saturated carbocycles. The first kappa shape index (κ1) is 17.2. The minimum atomic E-state index is -0.241. The van der Waals surface area contributed by atoms with E-state index in [1.165, 1.54) is 12.8 Å². The Bertz CT molecular complexity index is 596. The fraction of sp³-hybridized carbons (Fsp3) is 0.688. The summed E-state index contributed by atoms with van der Waals surface area (Å²) in [6.45, 7) is 0.458. The zero-order valence-electron chi connectivity index (χ0n) is 13.8. The Hall–Kier alpha value is -1.60. The molecule has 2 N–H and O–H groups in total. The van der Waals surface area contributed by atoms with Gasteiger partial charge < -0.3 is 15.1 Å². The maximum Gasteiger partial charge on any atom is 0.228 e. The van der Waals surface area contributed by atoms with Crippen LogP contribution in [0.1, 0.15) is 32.1 Å². The Morgan fingerprint density at radius 3 is 2.67 bits per heavy atom. The maximum atomic E-state index is 12.8. The van der Waals surface area contributed by atoms with Crippen molar-refractivity contribution in [2.75, 3.05) is 18.5 Å². The molecule has 4 heterocycles. The number of carbonyl (C=O) groups is 2. The summed E-state index contributed by atoms with van der Waals surface area (Å²) < 4.78 is 0. The van der Waals surface area contributed by atoms with E-state index >= 15 is 0 Å². The van der Waals surface area contributed by atoms with Crippen molar-refractivity contribution in [3.63, 3.8) is 0 Å². The molecule has 3 aliphatic heterocycles. The van der Waals surface area contributed by atoms with Gasteiger partial charge in [-0.2, -0.15) is 5.10 Å². The van der Waals surface area contributed by atoms with Crippen molar-refractivity contribution in [2.45, 2.75) is 50.2 Å². The van der Waals surface area contributed by atoms with Crippen LogP contribution in [0.15, 0.2) is 12.4 Å². The molecule has 0 radical (unpaired) electrons. The molecule has 2 amide bonds. The fourth-order valence-corrected chi connectivity index (χ4v) is 4.33. The zero-order chi connectivity index (χ0) is 16.0. The number of piperidine rings is 1. The van der Waals surface area contributed by atoms with Gasteiger partial charge in [0, 0.05) is 44.3 Å². The first-order valence-electron chi connectivity index (χ1n) is 8.43. The van der Waals surface area contributed by atoms with E-state index in [-0.39, 0.29) is 30.1 Å². The largest absolute Gasteiger partial charge is 0.342 e. The molecule has 3 saturated heterocycles. The van der Waals surface area contributed by atoms with Crippen LogP contribution in [0.4, 0.5) is 5.69 Å². The SMILES string of the molecule is CN(C(=O)C1CC(=O)N(c2cn[nH]c2)C1)C1CC2CCC(C1)N2.Cl. The number of nitrogens with zero attached hydrogens (tertiary/aromatic N) is 3. The third kappa shape index (κ3) is 3.02. The fourth-order valence-electron chi connectivity index (χ4n) is 4.33. The van der Waals surface area contributed by atoms with Crippen LogP contribution >= 0.6 is 12.4 Å². The third-order valence-corrected chi connectivity index (χ3v) is 5.61. The highest BCUT2D eigenvalue weighted by molar-refractivity contribution is 6.00. The minimum absolute atomic E-state index is 0. The second kappa shape index (κ2) is 6.72. The molecule has 24 heavy (non-hydrogen) atoms. The van der Waals surface area contributed by atoms with Gasteiger partial charge in [-0.05, 0) is 25.7 Å². The van der Waals surface area contributed by atoms with E-state index in [0.29, 0.717) is 31.1 Å². The quantitative estimate of drug-likeness (QED) is 0.847. The number of H-pyrrole nitrogens is 1. The summed E-state index contributed by atoms with van der Waals surface area (Å²) in [6.07, 6.45) is 8.12. The Morgan fingerprint density at radius 2 is 2.04 bits per heavy atom. The molecular weight excluding hydrogens is 330 g/mol. The van der Waals surface area contributed by atoms with E-state index in [2.05, 4.69) is 15.5 Å². The van der Waals surface area contributed by atoms with Crippen LogP contribution < -0.4 is 10.2 Å². The van der Waals surface area contributed by atoms with Crippen molar-refractivity contribution in [3.05, 3.63) is 12.4 Å². The van der Waals surface area contributed by atoms with E-state index in [4.69, 9.17) is 0 Å². The molecule has 132 valence electrons. The lowest BCUT2D eigenvalue weighted by Crippen LogP contribution is -2.50. The van der Waals surface area contributed by atoms with Crippen LogP contribution in [0.25, 0.3) is 0 Å². The van der Waals surface area contributed by atoms with Gasteiger partial charge in [0.05, 0.1) is 17.8 Å². The highest BCUT2D eigenvalue weighted by atomic mass is 35.5. The Balaban J connectivity index is 0.00000169. The number of aromatic amines is 1. The number of fused-ring (bicyclic) bond motifs is 2. The highest BCUT2D eigenvalue weighted by Gasteiger charge is 2.41. The zero-order valence-corrected chi connectivity index (χ0v) is 14.6. The summed E-state index contributed by atoms with van der Waals surface area (Å²) in [6, 6.07) is 1.42. The number of anilines is 1. The maximum absolute atomic E-state index is 12.8. The van der Waals surface area contributed by atoms with Crippen molar-refractivity contribution in [2.24, 2.45) is 5.92 Å². The predicted molar refractivity (Wildman–Crippen MR) is 92.0 cm³/mol. The lowest BCUT2D eigenvalue weighted by Gasteiger charge is -2.36. The van der Waals surface area contributed by atoms with Crippen molar-refractivity contribution in [3.8, 4) is 0 Å². The lowest BCUT2D eigenvalue weighted by molar-refractivity contribution is -0.137. The number of hydrogen-bond acceptors (Lipinski definition) is 4. The lowest BCUT2D eigenvalue weighted by atomic mass is 9.97. The molecule has 3 fully saturated rings. The Morgan fingerprint density at radius 1 is 1.33 bits per heavy atom. The normalized spacial score (nSPS) is 31.9. The van der Waals surface area contributed by atoms with Crippen molar-refractivity contribution in [1.29, 1.82) is 0 Å². The molecule has 3 aliphatic rings. The molecule has 8 heteroatoms. The summed E-state index contributed by atoms with van der Waals surface area (Å²) >= 11 is 0. The Kier molecular flexibility index (Phi) is 4.83. The predicted octanol–water partition coefficient (Wildman–Crippen LogP) is 0.926. The molecule has 1 aromatic rings. The van der Waals surface area contributed by atoms with Gasteiger partial charge in [-0.25, -0.2) is 0 Å². The number of amides is 2. The minimum Gasteiger partial charge on any atom is -0.342 e. The number of rotatable bonds is 3. The molecule has 0 aromatic carbocycles. The summed E-state index contributed by atoms with van der Waals surface area (Å²) in [7, 11) is 1.91. The van der Waals surface area contributed by atoms with Crippen molar-refractivity contribution >= 4 is 29.9 Å². The molecule has 0 spiro atoms. The van der Waals surface area contributed by atoms with Crippen molar-refractivity contribution in [1.82, 2.24) is 20.4 Å². The Labute approximate surface area is 147 Å². The summed E-state index contributed by atoms with van der Waals surface area (Å²) in [4.78, 5) is 28.6. The van der Waals surface area contributed by atoms with Gasteiger partial charge in [-0.3, -0.25) is 14.7 Å². The van der Waals surface area contributed by atoms with Gasteiger partial charge in [-0.15, -0.1) is 12.4 Å². The van der Waals surface area contributed by atoms with Crippen LogP contribution in [0.2, 0.25) is 0 Å². The van der Waals surface area contributed by atoms with Crippen LogP contribution in [-0.4, -0.2) is 58.6 Å². The van der Waals surface area contributed by atoms with E-state index in [0.717, 1.165) is 18.5 Å². The van der Waals surface area contributed by atoms with Gasteiger partial charge in [0.15, 0.2) is 0 Å². The van der Waals surface area contributed by atoms with Crippen LogP contribution in [0.5, 0.6) is 0 Å². The van der Waals surface area contributed by atoms with Gasteiger partial charge in [0.2, 0.25) is 11.8 Å². The first-order chi connectivity index (χ1) is 11.1. The monoisotopic (exact) mass is 353 g/mol. The summed E-state index contributed by atoms with van der Waals surface area (Å²) in [5, 5.41) is 10.2. The molecule has 7 nitrogen and oxygen atoms in total. The molecule has 4 rings (SSSR count). The molecule has 2 bridgehead atoms. The number of aromatic nitrogens is 2. The number of nitrogens with one attached hydrogen (secondary N) is 2. The average Bonchev–Trinajstić information content (AvgIpc) is 3.26. The second-order valence-electron chi connectivity index (χ2n) is 7.07. The number of halogens is 1. The second-order valence-corrected chi connectivity index (χ2v) is 7.07. The molecule has 0 aliphatic carbocycles. The third-order valence-electron chi connectivity index (χ3n) is 5.61. The molecule has 3 unspecified atom stereocenters. The van der Waals surface area contributed by atoms with E-state index in [1.54, 1.807) is 17.3 Å².